The number of hydrogen-bond donors (Lipinski definition) is 12. The summed E-state index contributed by atoms with van der Waals surface area (Å²) in [6.45, 7) is 2.23. The molecular formula is C62H69BrN14O13S2. The second-order valence-corrected chi connectivity index (χ2v) is 25.3. The van der Waals surface area contributed by atoms with Crippen molar-refractivity contribution in [3.05, 3.63) is 123 Å². The molecule has 0 spiro atoms. The summed E-state index contributed by atoms with van der Waals surface area (Å²) >= 11 is 3.61. The zero-order valence-corrected chi connectivity index (χ0v) is 53.1. The van der Waals surface area contributed by atoms with Gasteiger partial charge in [-0.25, -0.2) is 9.97 Å². The van der Waals surface area contributed by atoms with Crippen LogP contribution >= 0.6 is 37.5 Å². The van der Waals surface area contributed by atoms with Gasteiger partial charge in [-0.1, -0.05) is 67.8 Å². The molecular weight excluding hydrogens is 1290 g/mol. The fourth-order valence-corrected chi connectivity index (χ4v) is 13.4. The van der Waals surface area contributed by atoms with E-state index in [1.165, 1.54) is 23.9 Å². The Morgan fingerprint density at radius 1 is 0.859 bits per heavy atom. The summed E-state index contributed by atoms with van der Waals surface area (Å²) in [4.78, 5) is 154. The van der Waals surface area contributed by atoms with Gasteiger partial charge >= 0.3 is 11.9 Å². The highest BCUT2D eigenvalue weighted by Gasteiger charge is 2.36. The molecule has 0 saturated carbocycles. The van der Waals surface area contributed by atoms with Crippen molar-refractivity contribution < 1.29 is 58.5 Å². The summed E-state index contributed by atoms with van der Waals surface area (Å²) in [5.41, 5.74) is 21.0. The number of halogens is 1. The standard InChI is InChI=1S/C62H69BrN14O13S2/c1-32(71-51(82)9-5-17-67-56(85)34-11-13-39(14-12-34)69-28-40-29-70-55-54(72-40)58(87)76-62(66)75-55)48(79)23-35(6-4-18-68-61(64)65)57(86)74-45(25-52(83)84)50(81)24-37(60(89)90)31-92-91-19-16-41(78)21-33-10-15-44-36(20-33)22-46(73-44)59(88)77-30-38(27-63)53-43-8-3-2-7-42(43)49(80)26-47(53)77/h2-3,7-8,10-15,20,22,26,29,32,35,37-38,45,69,73,80H,4-6,9,16-19,21,23-25,27-28,30-31H2,1H3,(H,67,85)(H,71,82)(H,74,86)(H,83,84)(H,89,90)(H4,64,65,68)(H3,66,70,75,76,87)/t32-,35+,37-,38?,45-/m0/s1. The fraction of sp³-hybridized carbons (Fsp3) is 0.355. The lowest BCUT2D eigenvalue weighted by atomic mass is 9.92. The number of aliphatic carboxylic acids is 2. The van der Waals surface area contributed by atoms with Crippen LogP contribution in [0, 0.1) is 11.8 Å². The number of nitrogens with zero attached hydrogens (tertiary/aromatic N) is 5. The van der Waals surface area contributed by atoms with Crippen molar-refractivity contribution in [1.29, 1.82) is 0 Å². The van der Waals surface area contributed by atoms with Gasteiger partial charge in [0.05, 0.1) is 48.5 Å². The third-order valence-corrected chi connectivity index (χ3v) is 18.5. The molecule has 5 atom stereocenters. The van der Waals surface area contributed by atoms with Crippen LogP contribution in [0.15, 0.2) is 94.8 Å². The molecule has 8 rings (SSSR count). The second kappa shape index (κ2) is 32.0. The van der Waals surface area contributed by atoms with Crippen LogP contribution in [0.2, 0.25) is 0 Å². The highest BCUT2D eigenvalue weighted by molar-refractivity contribution is 9.09. The number of phenols is 1. The van der Waals surface area contributed by atoms with Crippen LogP contribution in [0.4, 0.5) is 17.3 Å². The molecule has 92 heavy (non-hydrogen) atoms. The van der Waals surface area contributed by atoms with Crippen molar-refractivity contribution in [1.82, 2.24) is 40.9 Å². The number of amides is 4. The van der Waals surface area contributed by atoms with Crippen LogP contribution in [0.5, 0.6) is 5.75 Å². The van der Waals surface area contributed by atoms with Gasteiger partial charge in [-0.15, -0.1) is 0 Å². The Balaban J connectivity index is 0.761. The quantitative estimate of drug-likeness (QED) is 0.00807. The number of rotatable bonds is 34. The zero-order chi connectivity index (χ0) is 66.2. The largest absolute Gasteiger partial charge is 0.507 e. The van der Waals surface area contributed by atoms with Gasteiger partial charge < -0.3 is 63.7 Å². The number of phenolic OH excluding ortho intramolecular Hbond substituents is 1. The van der Waals surface area contributed by atoms with E-state index in [9.17, 15) is 63.3 Å². The van der Waals surface area contributed by atoms with Gasteiger partial charge in [0.1, 0.15) is 17.2 Å². The number of ketones is 3. The summed E-state index contributed by atoms with van der Waals surface area (Å²) < 4.78 is 0. The predicted molar refractivity (Wildman–Crippen MR) is 354 cm³/mol. The van der Waals surface area contributed by atoms with Crippen molar-refractivity contribution >= 4 is 147 Å². The molecule has 0 fully saturated rings. The van der Waals surface area contributed by atoms with E-state index in [1.54, 1.807) is 53.4 Å². The molecule has 7 aromatic rings. The van der Waals surface area contributed by atoms with E-state index >= 15 is 0 Å². The number of anilines is 3. The number of alkyl halides is 1. The number of hydrogen-bond acceptors (Lipinski definition) is 19. The highest BCUT2D eigenvalue weighted by Crippen LogP contribution is 2.46. The maximum Gasteiger partial charge on any atom is 0.307 e. The molecule has 27 nitrogen and oxygen atoms in total. The first kappa shape index (κ1) is 68.5. The van der Waals surface area contributed by atoms with Gasteiger partial charge in [0.15, 0.2) is 28.7 Å². The number of carboxylic acid groups (broad SMARTS) is 2. The van der Waals surface area contributed by atoms with Gasteiger partial charge in [0.25, 0.3) is 17.4 Å². The van der Waals surface area contributed by atoms with E-state index in [0.717, 1.165) is 32.7 Å². The number of Topliss-reactive ketones (excluding diaryl/α,β-unsaturated/α-hetero) is 3. The molecule has 1 unspecified atom stereocenters. The molecule has 4 aromatic carbocycles. The predicted octanol–water partition coefficient (Wildman–Crippen LogP) is 5.23. The zero-order valence-electron chi connectivity index (χ0n) is 49.9. The number of aromatic amines is 2. The number of benzene rings is 4. The summed E-state index contributed by atoms with van der Waals surface area (Å²) in [6, 6.07) is 20.1. The average Bonchev–Trinajstić information content (AvgIpc) is 1.57. The van der Waals surface area contributed by atoms with E-state index in [0.29, 0.717) is 56.9 Å². The smallest absolute Gasteiger partial charge is 0.307 e. The number of nitrogen functional groups attached to an aromatic ring is 1. The summed E-state index contributed by atoms with van der Waals surface area (Å²) in [5.74, 6) is -8.81. The number of aliphatic imine (C=N–C) groups is 1. The number of aromatic hydroxyl groups is 1. The number of fused-ring (bicyclic) bond motifs is 5. The normalized spacial score (nSPS) is 14.0. The topological polar surface area (TPSA) is 443 Å². The number of carbonyl (C=O) groups is 9. The van der Waals surface area contributed by atoms with Crippen LogP contribution in [0.25, 0.3) is 32.8 Å². The first-order chi connectivity index (χ1) is 44.0. The average molecular weight is 1360 g/mol. The van der Waals surface area contributed by atoms with Crippen LogP contribution in [-0.4, -0.2) is 148 Å². The third kappa shape index (κ3) is 18.4. The maximum absolute atomic E-state index is 14.0. The van der Waals surface area contributed by atoms with Crippen molar-refractivity contribution in [2.75, 3.05) is 52.4 Å². The fourth-order valence-electron chi connectivity index (χ4n) is 10.5. The minimum absolute atomic E-state index is 0.000736. The van der Waals surface area contributed by atoms with E-state index < -0.39 is 90.0 Å². The number of carboxylic acids is 2. The molecule has 3 aromatic heterocycles. The molecule has 0 saturated heterocycles. The lowest BCUT2D eigenvalue weighted by molar-refractivity contribution is -0.144. The first-order valence-corrected chi connectivity index (χ1v) is 32.9. The third-order valence-electron chi connectivity index (χ3n) is 15.2. The lowest BCUT2D eigenvalue weighted by Crippen LogP contribution is -2.47. The molecule has 30 heteroatoms. The summed E-state index contributed by atoms with van der Waals surface area (Å²) in [6.07, 6.45) is 0.0280. The molecule has 1 aliphatic heterocycles. The van der Waals surface area contributed by atoms with Gasteiger partial charge in [-0.05, 0) is 85.2 Å². The minimum atomic E-state index is -1.66. The van der Waals surface area contributed by atoms with Crippen molar-refractivity contribution in [3.8, 4) is 5.75 Å². The van der Waals surface area contributed by atoms with Crippen LogP contribution in [-0.2, 0) is 46.5 Å². The Hall–Kier alpha value is -9.42. The van der Waals surface area contributed by atoms with E-state index in [4.69, 9.17) is 17.2 Å². The number of carbonyl (C=O) groups excluding carboxylic acids is 7. The van der Waals surface area contributed by atoms with Gasteiger partial charge in [0, 0.05) is 114 Å². The van der Waals surface area contributed by atoms with E-state index in [-0.39, 0.29) is 110 Å². The molecule has 0 radical (unpaired) electrons. The summed E-state index contributed by atoms with van der Waals surface area (Å²) in [7, 11) is 2.35. The van der Waals surface area contributed by atoms with Gasteiger partial charge in [-0.3, -0.25) is 57.9 Å². The monoisotopic (exact) mass is 1360 g/mol. The molecule has 15 N–H and O–H groups in total. The van der Waals surface area contributed by atoms with Crippen molar-refractivity contribution in [3.63, 3.8) is 0 Å². The Morgan fingerprint density at radius 2 is 1.61 bits per heavy atom. The maximum atomic E-state index is 14.0. The van der Waals surface area contributed by atoms with E-state index in [1.807, 2.05) is 30.3 Å². The minimum Gasteiger partial charge on any atom is -0.507 e. The Bertz CT molecular complexity index is 4030. The number of aromatic nitrogens is 5. The number of nitrogens with two attached hydrogens (primary N) is 3. The Kier molecular flexibility index (Phi) is 23.9. The number of guanidine groups is 1. The Labute approximate surface area is 542 Å². The highest BCUT2D eigenvalue weighted by atomic mass is 79.9. The number of H-pyrrole nitrogens is 2. The van der Waals surface area contributed by atoms with Crippen LogP contribution < -0.4 is 48.9 Å². The van der Waals surface area contributed by atoms with Crippen LogP contribution in [0.1, 0.15) is 102 Å². The molecule has 4 amide bonds. The van der Waals surface area contributed by atoms with Gasteiger partial charge in [0.2, 0.25) is 17.8 Å². The Morgan fingerprint density at radius 3 is 2.34 bits per heavy atom. The van der Waals surface area contributed by atoms with E-state index in [2.05, 4.69) is 67.1 Å². The lowest BCUT2D eigenvalue weighted by Gasteiger charge is -2.23. The number of nitrogens with one attached hydrogen (secondary N) is 6. The first-order valence-electron chi connectivity index (χ1n) is 29.3. The second-order valence-electron chi connectivity index (χ2n) is 22.1. The molecule has 4 heterocycles. The molecule has 484 valence electrons. The van der Waals surface area contributed by atoms with Crippen molar-refractivity contribution in [2.45, 2.75) is 89.3 Å². The van der Waals surface area contributed by atoms with Crippen molar-refractivity contribution in [2.24, 2.45) is 28.3 Å². The summed E-state index contributed by atoms with van der Waals surface area (Å²) in [5, 5.41) is 44.6. The SMILES string of the molecule is C[C@H](NC(=O)CCCNC(=O)c1ccc(NCc2cnc3nc(N)[nH]c(=O)c3n2)cc1)C(=O)C[C@@H](CCCN=C(N)N)C(=O)N[C@@H](CC(=O)O)C(=O)C[C@@H](CSSCCC(=O)Cc1ccc2[nH]c(C(=O)N3CC(CBr)c4c3cc(O)c3ccccc43)cc2c1)C(=O)O. The van der Waals surface area contributed by atoms with Crippen LogP contribution in [0.3, 0.4) is 0 Å². The van der Waals surface area contributed by atoms with Gasteiger partial charge in [-0.2, -0.15) is 4.98 Å². The molecule has 0 aliphatic carbocycles. The molecule has 0 bridgehead atoms. The molecule has 1 aliphatic rings.